The van der Waals surface area contributed by atoms with Crippen molar-refractivity contribution in [3.63, 3.8) is 0 Å². The maximum atomic E-state index is 12.3. The standard InChI is InChI=1S/C18H20N2O3/c1-19-10-13-4-3-5-14(6-13)11-20-18(22)16-7-15(12-21)8-17(9-16)23-2/h3-9,12,19H,10-11H2,1-2H3,(H,20,22). The number of nitrogens with one attached hydrogen (secondary N) is 2. The number of ether oxygens (including phenoxy) is 1. The van der Waals surface area contributed by atoms with Gasteiger partial charge in [0, 0.05) is 24.2 Å². The minimum Gasteiger partial charge on any atom is -0.497 e. The van der Waals surface area contributed by atoms with E-state index < -0.39 is 0 Å². The molecule has 2 aromatic rings. The lowest BCUT2D eigenvalue weighted by molar-refractivity contribution is 0.0950. The lowest BCUT2D eigenvalue weighted by Gasteiger charge is -2.09. The number of carbonyl (C=O) groups is 2. The molecule has 0 atom stereocenters. The Balaban J connectivity index is 2.07. The molecule has 1 amide bonds. The number of hydrogen-bond donors (Lipinski definition) is 2. The molecule has 0 aliphatic carbocycles. The topological polar surface area (TPSA) is 67.4 Å². The van der Waals surface area contributed by atoms with E-state index >= 15 is 0 Å². The van der Waals surface area contributed by atoms with E-state index in [0.29, 0.717) is 29.7 Å². The normalized spacial score (nSPS) is 10.2. The molecule has 23 heavy (non-hydrogen) atoms. The largest absolute Gasteiger partial charge is 0.497 e. The molecule has 0 radical (unpaired) electrons. The van der Waals surface area contributed by atoms with Crippen molar-refractivity contribution in [1.82, 2.24) is 10.6 Å². The van der Waals surface area contributed by atoms with Crippen LogP contribution < -0.4 is 15.4 Å². The van der Waals surface area contributed by atoms with Gasteiger partial charge in [-0.1, -0.05) is 24.3 Å². The molecule has 0 heterocycles. The van der Waals surface area contributed by atoms with Crippen LogP contribution in [0.1, 0.15) is 31.8 Å². The van der Waals surface area contributed by atoms with Crippen molar-refractivity contribution in [3.8, 4) is 5.75 Å². The monoisotopic (exact) mass is 312 g/mol. The highest BCUT2D eigenvalue weighted by atomic mass is 16.5. The quantitative estimate of drug-likeness (QED) is 0.769. The lowest BCUT2D eigenvalue weighted by atomic mass is 10.1. The van der Waals surface area contributed by atoms with Crippen LogP contribution in [0.15, 0.2) is 42.5 Å². The summed E-state index contributed by atoms with van der Waals surface area (Å²) in [6.07, 6.45) is 0.695. The maximum Gasteiger partial charge on any atom is 0.251 e. The number of amides is 1. The van der Waals surface area contributed by atoms with E-state index in [1.807, 2.05) is 31.3 Å². The summed E-state index contributed by atoms with van der Waals surface area (Å²) < 4.78 is 5.11. The maximum absolute atomic E-state index is 12.3. The molecule has 0 unspecified atom stereocenters. The van der Waals surface area contributed by atoms with Gasteiger partial charge in [-0.2, -0.15) is 0 Å². The molecule has 2 aromatic carbocycles. The van der Waals surface area contributed by atoms with Crippen molar-refractivity contribution in [2.24, 2.45) is 0 Å². The van der Waals surface area contributed by atoms with Gasteiger partial charge in [0.2, 0.25) is 0 Å². The molecular weight excluding hydrogens is 292 g/mol. The summed E-state index contributed by atoms with van der Waals surface area (Å²) in [6.45, 7) is 1.20. The van der Waals surface area contributed by atoms with Crippen molar-refractivity contribution in [1.29, 1.82) is 0 Å². The van der Waals surface area contributed by atoms with Gasteiger partial charge in [-0.25, -0.2) is 0 Å². The van der Waals surface area contributed by atoms with Crippen LogP contribution in [0.3, 0.4) is 0 Å². The molecule has 2 N–H and O–H groups in total. The summed E-state index contributed by atoms with van der Waals surface area (Å²) in [7, 11) is 3.39. The zero-order valence-corrected chi connectivity index (χ0v) is 13.3. The first kappa shape index (κ1) is 16.7. The molecule has 0 fully saturated rings. The zero-order chi connectivity index (χ0) is 16.7. The van der Waals surface area contributed by atoms with E-state index in [0.717, 1.165) is 17.7 Å². The molecule has 120 valence electrons. The summed E-state index contributed by atoms with van der Waals surface area (Å²) in [4.78, 5) is 23.2. The predicted octanol–water partition coefficient (Wildman–Crippen LogP) is 2.16. The molecule has 5 heteroatoms. The van der Waals surface area contributed by atoms with E-state index in [9.17, 15) is 9.59 Å². The number of methoxy groups -OCH3 is 1. The van der Waals surface area contributed by atoms with Gasteiger partial charge in [0.15, 0.2) is 0 Å². The Morgan fingerprint density at radius 1 is 1.13 bits per heavy atom. The average molecular weight is 312 g/mol. The van der Waals surface area contributed by atoms with Crippen LogP contribution in [0.5, 0.6) is 5.75 Å². The van der Waals surface area contributed by atoms with E-state index in [-0.39, 0.29) is 5.91 Å². The van der Waals surface area contributed by atoms with Gasteiger partial charge in [0.25, 0.3) is 5.91 Å². The number of rotatable bonds is 7. The molecular formula is C18H20N2O3. The van der Waals surface area contributed by atoms with E-state index in [1.54, 1.807) is 18.2 Å². The van der Waals surface area contributed by atoms with Gasteiger partial charge >= 0.3 is 0 Å². The highest BCUT2D eigenvalue weighted by Gasteiger charge is 2.09. The number of carbonyl (C=O) groups excluding carboxylic acids is 2. The number of hydrogen-bond acceptors (Lipinski definition) is 4. The van der Waals surface area contributed by atoms with Crippen molar-refractivity contribution in [2.45, 2.75) is 13.1 Å². The Morgan fingerprint density at radius 2 is 1.87 bits per heavy atom. The van der Waals surface area contributed by atoms with Crippen LogP contribution in [-0.4, -0.2) is 26.4 Å². The van der Waals surface area contributed by atoms with Crippen LogP contribution in [0.25, 0.3) is 0 Å². The Morgan fingerprint density at radius 3 is 2.52 bits per heavy atom. The van der Waals surface area contributed by atoms with E-state index in [1.165, 1.54) is 7.11 Å². The number of benzene rings is 2. The Bertz CT molecular complexity index is 698. The van der Waals surface area contributed by atoms with E-state index in [2.05, 4.69) is 10.6 Å². The average Bonchev–Trinajstić information content (AvgIpc) is 2.59. The summed E-state index contributed by atoms with van der Waals surface area (Å²) in [5.74, 6) is 0.238. The van der Waals surface area contributed by atoms with Crippen molar-refractivity contribution >= 4 is 12.2 Å². The third-order valence-corrected chi connectivity index (χ3v) is 3.39. The fraction of sp³-hybridized carbons (Fsp3) is 0.222. The van der Waals surface area contributed by atoms with Crippen LogP contribution in [-0.2, 0) is 13.1 Å². The third kappa shape index (κ3) is 4.66. The van der Waals surface area contributed by atoms with Crippen molar-refractivity contribution in [2.75, 3.05) is 14.2 Å². The molecule has 0 aliphatic heterocycles. The molecule has 0 bridgehead atoms. The Hall–Kier alpha value is -2.66. The summed E-state index contributed by atoms with van der Waals surface area (Å²) in [5, 5.41) is 5.95. The highest BCUT2D eigenvalue weighted by molar-refractivity contribution is 5.96. The van der Waals surface area contributed by atoms with Gasteiger partial charge in [0.05, 0.1) is 7.11 Å². The van der Waals surface area contributed by atoms with Crippen LogP contribution in [0.2, 0.25) is 0 Å². The van der Waals surface area contributed by atoms with Crippen LogP contribution in [0, 0.1) is 0 Å². The van der Waals surface area contributed by atoms with Crippen LogP contribution >= 0.6 is 0 Å². The van der Waals surface area contributed by atoms with Crippen LogP contribution in [0.4, 0.5) is 0 Å². The molecule has 0 aromatic heterocycles. The zero-order valence-electron chi connectivity index (χ0n) is 13.3. The molecule has 5 nitrogen and oxygen atoms in total. The Kier molecular flexibility index (Phi) is 5.88. The summed E-state index contributed by atoms with van der Waals surface area (Å²) in [6, 6.07) is 12.7. The second-order valence-electron chi connectivity index (χ2n) is 5.15. The lowest BCUT2D eigenvalue weighted by Crippen LogP contribution is -2.23. The van der Waals surface area contributed by atoms with E-state index in [4.69, 9.17) is 4.74 Å². The number of aldehydes is 1. The first-order valence-corrected chi connectivity index (χ1v) is 7.31. The summed E-state index contributed by atoms with van der Waals surface area (Å²) >= 11 is 0. The molecule has 0 spiro atoms. The predicted molar refractivity (Wildman–Crippen MR) is 88.8 cm³/mol. The van der Waals surface area contributed by atoms with Gasteiger partial charge < -0.3 is 15.4 Å². The molecule has 0 saturated carbocycles. The van der Waals surface area contributed by atoms with Crippen molar-refractivity contribution in [3.05, 3.63) is 64.7 Å². The highest BCUT2D eigenvalue weighted by Crippen LogP contribution is 2.16. The molecule has 0 aliphatic rings. The second kappa shape index (κ2) is 8.10. The second-order valence-corrected chi connectivity index (χ2v) is 5.15. The van der Waals surface area contributed by atoms with Gasteiger partial charge in [-0.3, -0.25) is 9.59 Å². The first-order chi connectivity index (χ1) is 11.2. The molecule has 0 saturated heterocycles. The van der Waals surface area contributed by atoms with Gasteiger partial charge in [-0.15, -0.1) is 0 Å². The fourth-order valence-electron chi connectivity index (χ4n) is 2.28. The SMILES string of the molecule is CNCc1cccc(CNC(=O)c2cc(C=O)cc(OC)c2)c1. The summed E-state index contributed by atoms with van der Waals surface area (Å²) in [5.41, 5.74) is 2.98. The van der Waals surface area contributed by atoms with Gasteiger partial charge in [-0.05, 0) is 36.4 Å². The van der Waals surface area contributed by atoms with Gasteiger partial charge in [0.1, 0.15) is 12.0 Å². The Labute approximate surface area is 135 Å². The first-order valence-electron chi connectivity index (χ1n) is 7.31. The minimum absolute atomic E-state index is 0.244. The van der Waals surface area contributed by atoms with Crippen molar-refractivity contribution < 1.29 is 14.3 Å². The smallest absolute Gasteiger partial charge is 0.251 e. The minimum atomic E-state index is -0.244. The fourth-order valence-corrected chi connectivity index (χ4v) is 2.28. The molecule has 2 rings (SSSR count). The third-order valence-electron chi connectivity index (χ3n) is 3.39.